The molecule has 1 rings (SSSR count). The molecule has 60 valence electrons. The lowest BCUT2D eigenvalue weighted by Crippen LogP contribution is -1.84. The van der Waals surface area contributed by atoms with Crippen LogP contribution >= 0.6 is 12.8 Å². The molecular weight excluding hydrogens is 154 g/mol. The maximum absolute atomic E-state index is 3.95. The molecule has 0 bridgehead atoms. The monoisotopic (exact) mass is 167 g/mol. The van der Waals surface area contributed by atoms with E-state index in [4.69, 9.17) is 0 Å². The van der Waals surface area contributed by atoms with Crippen LogP contribution in [0.3, 0.4) is 0 Å². The lowest BCUT2D eigenvalue weighted by atomic mass is 10.1. The number of hydrogen-bond donors (Lipinski definition) is 2. The van der Waals surface area contributed by atoms with Crippen LogP contribution in [0, 0.1) is 0 Å². The predicted octanol–water partition coefficient (Wildman–Crippen LogP) is 2.90. The first-order chi connectivity index (χ1) is 5.36. The van der Waals surface area contributed by atoms with Gasteiger partial charge in [-0.2, -0.15) is 0 Å². The molecule has 1 aromatic carbocycles. The molecule has 1 aromatic rings. The Kier molecular flexibility index (Phi) is 3.30. The number of nitrogens with one attached hydrogen (secondary N) is 1. The lowest BCUT2D eigenvalue weighted by Gasteiger charge is -2.00. The second-order valence-electron chi connectivity index (χ2n) is 2.56. The molecule has 11 heavy (non-hydrogen) atoms. The Bertz CT molecular complexity index is 205. The van der Waals surface area contributed by atoms with Crippen LogP contribution in [0.25, 0.3) is 0 Å². The SMILES string of the molecule is CCCc1ccc(NS)cc1. The number of aryl methyl sites for hydroxylation is 1. The van der Waals surface area contributed by atoms with Crippen molar-refractivity contribution in [2.75, 3.05) is 4.72 Å². The summed E-state index contributed by atoms with van der Waals surface area (Å²) in [6.07, 6.45) is 2.36. The minimum atomic E-state index is 1.05. The normalized spacial score (nSPS) is 9.64. The van der Waals surface area contributed by atoms with Gasteiger partial charge in [-0.15, -0.1) is 0 Å². The van der Waals surface area contributed by atoms with Crippen LogP contribution in [0.1, 0.15) is 18.9 Å². The third-order valence-corrected chi connectivity index (χ3v) is 1.88. The van der Waals surface area contributed by atoms with Crippen molar-refractivity contribution >= 4 is 18.5 Å². The molecule has 0 saturated heterocycles. The van der Waals surface area contributed by atoms with E-state index in [0.29, 0.717) is 0 Å². The minimum absolute atomic E-state index is 1.05. The molecule has 0 radical (unpaired) electrons. The largest absolute Gasteiger partial charge is 0.332 e. The third-order valence-electron chi connectivity index (χ3n) is 1.62. The van der Waals surface area contributed by atoms with Crippen LogP contribution in [-0.4, -0.2) is 0 Å². The Labute approximate surface area is 73.4 Å². The highest BCUT2D eigenvalue weighted by atomic mass is 32.1. The number of thiol groups is 1. The highest BCUT2D eigenvalue weighted by Crippen LogP contribution is 2.10. The molecule has 0 saturated carbocycles. The van der Waals surface area contributed by atoms with Gasteiger partial charge >= 0.3 is 0 Å². The maximum Gasteiger partial charge on any atom is 0.0438 e. The quantitative estimate of drug-likeness (QED) is 0.660. The summed E-state index contributed by atoms with van der Waals surface area (Å²) in [5.74, 6) is 0. The summed E-state index contributed by atoms with van der Waals surface area (Å²) < 4.78 is 2.79. The Balaban J connectivity index is 2.66. The first-order valence-electron chi connectivity index (χ1n) is 3.86. The first kappa shape index (κ1) is 8.47. The zero-order valence-corrected chi connectivity index (χ0v) is 7.57. The van der Waals surface area contributed by atoms with Crippen LogP contribution in [0.15, 0.2) is 24.3 Å². The van der Waals surface area contributed by atoms with Crippen molar-refractivity contribution in [2.24, 2.45) is 0 Å². The van der Waals surface area contributed by atoms with Gasteiger partial charge in [0.15, 0.2) is 0 Å². The van der Waals surface area contributed by atoms with Gasteiger partial charge in [-0.05, 0) is 24.1 Å². The summed E-state index contributed by atoms with van der Waals surface area (Å²) in [5, 5.41) is 0. The highest BCUT2D eigenvalue weighted by Gasteiger charge is 1.90. The minimum Gasteiger partial charge on any atom is -0.332 e. The van der Waals surface area contributed by atoms with Crippen LogP contribution in [0.2, 0.25) is 0 Å². The van der Waals surface area contributed by atoms with Gasteiger partial charge in [-0.3, -0.25) is 0 Å². The van der Waals surface area contributed by atoms with Crippen molar-refractivity contribution < 1.29 is 0 Å². The van der Waals surface area contributed by atoms with Crippen molar-refractivity contribution in [2.45, 2.75) is 19.8 Å². The first-order valence-corrected chi connectivity index (χ1v) is 4.30. The summed E-state index contributed by atoms with van der Waals surface area (Å²) >= 11 is 3.95. The van der Waals surface area contributed by atoms with Gasteiger partial charge in [0.2, 0.25) is 0 Å². The van der Waals surface area contributed by atoms with Gasteiger partial charge in [-0.25, -0.2) is 0 Å². The van der Waals surface area contributed by atoms with E-state index in [-0.39, 0.29) is 0 Å². The van der Waals surface area contributed by atoms with Crippen molar-refractivity contribution in [3.05, 3.63) is 29.8 Å². The molecule has 2 heteroatoms. The van der Waals surface area contributed by atoms with Crippen molar-refractivity contribution in [1.82, 2.24) is 0 Å². The molecular formula is C9H13NS. The number of anilines is 1. The molecule has 0 aliphatic rings. The van der Waals surface area contributed by atoms with Gasteiger partial charge in [0.05, 0.1) is 0 Å². The summed E-state index contributed by atoms with van der Waals surface area (Å²) in [5.41, 5.74) is 2.44. The van der Waals surface area contributed by atoms with E-state index in [9.17, 15) is 0 Å². The second-order valence-corrected chi connectivity index (χ2v) is 2.78. The molecule has 0 spiro atoms. The van der Waals surface area contributed by atoms with Gasteiger partial charge in [0.1, 0.15) is 0 Å². The van der Waals surface area contributed by atoms with E-state index in [1.165, 1.54) is 12.0 Å². The van der Waals surface area contributed by atoms with Gasteiger partial charge < -0.3 is 4.72 Å². The third kappa shape index (κ3) is 2.46. The fourth-order valence-electron chi connectivity index (χ4n) is 1.03. The molecule has 1 N–H and O–H groups in total. The zero-order valence-electron chi connectivity index (χ0n) is 6.67. The Morgan fingerprint density at radius 1 is 1.27 bits per heavy atom. The van der Waals surface area contributed by atoms with Crippen molar-refractivity contribution in [1.29, 1.82) is 0 Å². The molecule has 0 atom stereocenters. The highest BCUT2D eigenvalue weighted by molar-refractivity contribution is 7.81. The van der Waals surface area contributed by atoms with Crippen LogP contribution < -0.4 is 4.72 Å². The molecule has 0 aliphatic heterocycles. The van der Waals surface area contributed by atoms with Gasteiger partial charge in [0.25, 0.3) is 0 Å². The maximum atomic E-state index is 3.95. The molecule has 0 fully saturated rings. The van der Waals surface area contributed by atoms with E-state index in [2.05, 4.69) is 36.6 Å². The standard InChI is InChI=1S/C9H13NS/c1-2-3-8-4-6-9(10-11)7-5-8/h4-7,10-11H,2-3H2,1H3. The van der Waals surface area contributed by atoms with E-state index in [0.717, 1.165) is 12.1 Å². The number of rotatable bonds is 3. The summed E-state index contributed by atoms with van der Waals surface area (Å²) in [4.78, 5) is 0. The average molecular weight is 167 g/mol. The number of benzene rings is 1. The van der Waals surface area contributed by atoms with E-state index in [1.54, 1.807) is 0 Å². The average Bonchev–Trinajstić information content (AvgIpc) is 2.07. The fraction of sp³-hybridized carbons (Fsp3) is 0.333. The van der Waals surface area contributed by atoms with Crippen molar-refractivity contribution in [3.63, 3.8) is 0 Å². The molecule has 0 amide bonds. The fourth-order valence-corrected chi connectivity index (χ4v) is 1.18. The predicted molar refractivity (Wildman–Crippen MR) is 53.0 cm³/mol. The molecule has 0 unspecified atom stereocenters. The zero-order chi connectivity index (χ0) is 8.10. The molecule has 0 heterocycles. The van der Waals surface area contributed by atoms with E-state index < -0.39 is 0 Å². The van der Waals surface area contributed by atoms with Crippen LogP contribution in [0.4, 0.5) is 5.69 Å². The van der Waals surface area contributed by atoms with E-state index >= 15 is 0 Å². The van der Waals surface area contributed by atoms with Gasteiger partial charge in [-0.1, -0.05) is 38.3 Å². The van der Waals surface area contributed by atoms with E-state index in [1.807, 2.05) is 12.1 Å². The topological polar surface area (TPSA) is 12.0 Å². The number of hydrogen-bond acceptors (Lipinski definition) is 2. The molecule has 1 nitrogen and oxygen atoms in total. The Hall–Kier alpha value is -0.630. The summed E-state index contributed by atoms with van der Waals surface area (Å²) in [6.45, 7) is 2.19. The second kappa shape index (κ2) is 4.29. The smallest absolute Gasteiger partial charge is 0.0438 e. The molecule has 0 aromatic heterocycles. The Morgan fingerprint density at radius 2 is 1.91 bits per heavy atom. The summed E-state index contributed by atoms with van der Waals surface area (Å²) in [7, 11) is 0. The van der Waals surface area contributed by atoms with Gasteiger partial charge in [0, 0.05) is 5.69 Å². The van der Waals surface area contributed by atoms with Crippen molar-refractivity contribution in [3.8, 4) is 0 Å². The summed E-state index contributed by atoms with van der Waals surface area (Å²) in [6, 6.07) is 8.33. The van der Waals surface area contributed by atoms with Crippen LogP contribution in [0.5, 0.6) is 0 Å². The van der Waals surface area contributed by atoms with Crippen LogP contribution in [-0.2, 0) is 6.42 Å². The molecule has 0 aliphatic carbocycles. The Morgan fingerprint density at radius 3 is 2.36 bits per heavy atom. The lowest BCUT2D eigenvalue weighted by molar-refractivity contribution is 0.922.